The van der Waals surface area contributed by atoms with Crippen molar-refractivity contribution in [2.45, 2.75) is 45.6 Å². The molecule has 0 spiro atoms. The van der Waals surface area contributed by atoms with Crippen molar-refractivity contribution in [2.24, 2.45) is 5.92 Å². The molecule has 1 fully saturated rings. The lowest BCUT2D eigenvalue weighted by molar-refractivity contribution is -0.135. The molecule has 1 aliphatic rings. The van der Waals surface area contributed by atoms with Gasteiger partial charge in [0.25, 0.3) is 0 Å². The number of nitrogens with one attached hydrogen (secondary N) is 2. The third-order valence-corrected chi connectivity index (χ3v) is 3.35. The van der Waals surface area contributed by atoms with Crippen LogP contribution in [0.15, 0.2) is 0 Å². The average molecular weight is 269 g/mol. The van der Waals surface area contributed by atoms with Crippen molar-refractivity contribution in [3.05, 3.63) is 0 Å². The minimum absolute atomic E-state index is 0.0408. The van der Waals surface area contributed by atoms with Crippen molar-refractivity contribution in [1.82, 2.24) is 15.5 Å². The quantitative estimate of drug-likeness (QED) is 0.748. The predicted octanol–water partition coefficient (Wildman–Crippen LogP) is 0.749. The Labute approximate surface area is 116 Å². The Balaban J connectivity index is 2.25. The molecule has 0 aromatic rings. The van der Waals surface area contributed by atoms with Crippen LogP contribution in [0.2, 0.25) is 0 Å². The number of carbonyl (C=O) groups excluding carboxylic acids is 2. The molecule has 1 heterocycles. The molecular weight excluding hydrogens is 242 g/mol. The third-order valence-electron chi connectivity index (χ3n) is 3.35. The summed E-state index contributed by atoms with van der Waals surface area (Å²) in [6, 6.07) is 0.280. The maximum Gasteiger partial charge on any atom is 0.239 e. The Bertz CT molecular complexity index is 299. The number of hydrogen-bond acceptors (Lipinski definition) is 3. The Morgan fingerprint density at radius 2 is 2.11 bits per heavy atom. The highest BCUT2D eigenvalue weighted by molar-refractivity contribution is 5.84. The fourth-order valence-corrected chi connectivity index (χ4v) is 2.14. The van der Waals surface area contributed by atoms with Gasteiger partial charge in [-0.15, -0.1) is 0 Å². The summed E-state index contributed by atoms with van der Waals surface area (Å²) in [7, 11) is 1.69. The number of piperidine rings is 1. The highest BCUT2D eigenvalue weighted by Gasteiger charge is 2.19. The molecule has 1 aliphatic heterocycles. The zero-order chi connectivity index (χ0) is 14.3. The normalized spacial score (nSPS) is 19.3. The summed E-state index contributed by atoms with van der Waals surface area (Å²) < 4.78 is 0. The number of rotatable bonds is 6. The number of hydrogen-bond donors (Lipinski definition) is 2. The van der Waals surface area contributed by atoms with E-state index in [4.69, 9.17) is 0 Å². The van der Waals surface area contributed by atoms with Crippen LogP contribution in [0, 0.1) is 5.92 Å². The second kappa shape index (κ2) is 8.15. The molecule has 1 rings (SSSR count). The maximum atomic E-state index is 12.0. The van der Waals surface area contributed by atoms with Crippen LogP contribution in [0.1, 0.15) is 39.5 Å². The molecule has 5 heteroatoms. The van der Waals surface area contributed by atoms with Gasteiger partial charge in [0.05, 0.1) is 6.54 Å². The molecule has 0 aromatic carbocycles. The monoisotopic (exact) mass is 269 g/mol. The molecule has 2 amide bonds. The van der Waals surface area contributed by atoms with E-state index in [0.717, 1.165) is 13.0 Å². The van der Waals surface area contributed by atoms with E-state index in [1.165, 1.54) is 17.7 Å². The van der Waals surface area contributed by atoms with Crippen LogP contribution in [0.4, 0.5) is 0 Å². The van der Waals surface area contributed by atoms with Crippen molar-refractivity contribution in [2.75, 3.05) is 26.7 Å². The molecule has 1 unspecified atom stereocenters. The van der Waals surface area contributed by atoms with E-state index in [1.54, 1.807) is 7.05 Å². The lowest BCUT2D eigenvalue weighted by Crippen LogP contribution is -2.43. The van der Waals surface area contributed by atoms with Crippen LogP contribution in [-0.2, 0) is 9.59 Å². The van der Waals surface area contributed by atoms with Gasteiger partial charge in [0.15, 0.2) is 0 Å². The minimum atomic E-state index is -0.0823. The fourth-order valence-electron chi connectivity index (χ4n) is 2.14. The second-order valence-electron chi connectivity index (χ2n) is 5.80. The molecule has 0 aliphatic carbocycles. The summed E-state index contributed by atoms with van der Waals surface area (Å²) in [6.07, 6.45) is 3.93. The molecule has 0 bridgehead atoms. The lowest BCUT2D eigenvalue weighted by atomic mass is 10.0. The number of nitrogens with zero attached hydrogens (tertiary/aromatic N) is 1. The first-order valence-electron chi connectivity index (χ1n) is 7.23. The summed E-state index contributed by atoms with van der Waals surface area (Å²) in [6.45, 7) is 5.90. The van der Waals surface area contributed by atoms with Gasteiger partial charge in [-0.2, -0.15) is 0 Å². The van der Waals surface area contributed by atoms with Gasteiger partial charge in [-0.25, -0.2) is 0 Å². The largest absolute Gasteiger partial charge is 0.354 e. The van der Waals surface area contributed by atoms with Gasteiger partial charge in [-0.3, -0.25) is 9.59 Å². The van der Waals surface area contributed by atoms with Crippen molar-refractivity contribution in [1.29, 1.82) is 0 Å². The molecule has 2 N–H and O–H groups in total. The number of amides is 2. The molecule has 1 atom stereocenters. The van der Waals surface area contributed by atoms with E-state index in [-0.39, 0.29) is 24.4 Å². The van der Waals surface area contributed by atoms with Crippen molar-refractivity contribution in [3.63, 3.8) is 0 Å². The molecule has 0 radical (unpaired) electrons. The second-order valence-corrected chi connectivity index (χ2v) is 5.80. The predicted molar refractivity (Wildman–Crippen MR) is 75.7 cm³/mol. The minimum Gasteiger partial charge on any atom is -0.354 e. The Morgan fingerprint density at radius 1 is 1.37 bits per heavy atom. The average Bonchev–Trinajstić information content (AvgIpc) is 2.37. The van der Waals surface area contributed by atoms with E-state index in [0.29, 0.717) is 18.9 Å². The summed E-state index contributed by atoms with van der Waals surface area (Å²) in [5.41, 5.74) is 0. The molecule has 5 nitrogen and oxygen atoms in total. The van der Waals surface area contributed by atoms with Gasteiger partial charge >= 0.3 is 0 Å². The fraction of sp³-hybridized carbons (Fsp3) is 0.857. The van der Waals surface area contributed by atoms with Gasteiger partial charge in [-0.1, -0.05) is 20.3 Å². The first-order valence-corrected chi connectivity index (χ1v) is 7.23. The van der Waals surface area contributed by atoms with Crippen LogP contribution in [-0.4, -0.2) is 49.4 Å². The molecule has 19 heavy (non-hydrogen) atoms. The molecule has 1 saturated heterocycles. The van der Waals surface area contributed by atoms with Crippen LogP contribution >= 0.6 is 0 Å². The van der Waals surface area contributed by atoms with Crippen molar-refractivity contribution < 1.29 is 9.59 Å². The molecular formula is C14H27N3O2. The van der Waals surface area contributed by atoms with Crippen molar-refractivity contribution in [3.8, 4) is 0 Å². The Kier molecular flexibility index (Phi) is 6.84. The van der Waals surface area contributed by atoms with E-state index in [1.807, 2.05) is 13.8 Å². The highest BCUT2D eigenvalue weighted by atomic mass is 16.2. The van der Waals surface area contributed by atoms with E-state index in [2.05, 4.69) is 10.6 Å². The Morgan fingerprint density at radius 3 is 2.68 bits per heavy atom. The van der Waals surface area contributed by atoms with Gasteiger partial charge in [0, 0.05) is 26.1 Å². The zero-order valence-corrected chi connectivity index (χ0v) is 12.4. The van der Waals surface area contributed by atoms with Crippen LogP contribution in [0.3, 0.4) is 0 Å². The van der Waals surface area contributed by atoms with Gasteiger partial charge in [0.2, 0.25) is 11.8 Å². The highest BCUT2D eigenvalue weighted by Crippen LogP contribution is 2.10. The van der Waals surface area contributed by atoms with E-state index >= 15 is 0 Å². The standard InChI is InChI=1S/C14H27N3O2/c1-11(2)9-16-13(18)10-17(3)14(19)8-12-6-4-5-7-15-12/h11-12,15H,4-10H2,1-3H3,(H,16,18). The van der Waals surface area contributed by atoms with Gasteiger partial charge in [0.1, 0.15) is 0 Å². The first kappa shape index (κ1) is 16.0. The molecule has 0 aromatic heterocycles. The van der Waals surface area contributed by atoms with E-state index in [9.17, 15) is 9.59 Å². The molecule has 110 valence electrons. The lowest BCUT2D eigenvalue weighted by Gasteiger charge is -2.25. The summed E-state index contributed by atoms with van der Waals surface area (Å²) in [5, 5.41) is 6.17. The zero-order valence-electron chi connectivity index (χ0n) is 12.4. The van der Waals surface area contributed by atoms with Gasteiger partial charge in [-0.05, 0) is 25.3 Å². The van der Waals surface area contributed by atoms with Crippen LogP contribution < -0.4 is 10.6 Å². The number of carbonyl (C=O) groups is 2. The number of likely N-dealkylation sites (N-methyl/N-ethyl adjacent to an activating group) is 1. The van der Waals surface area contributed by atoms with E-state index < -0.39 is 0 Å². The Hall–Kier alpha value is -1.10. The summed E-state index contributed by atoms with van der Waals surface area (Å²) in [4.78, 5) is 25.1. The summed E-state index contributed by atoms with van der Waals surface area (Å²) in [5.74, 6) is 0.386. The maximum absolute atomic E-state index is 12.0. The SMILES string of the molecule is CC(C)CNC(=O)CN(C)C(=O)CC1CCCCN1. The van der Waals surface area contributed by atoms with Crippen LogP contribution in [0.25, 0.3) is 0 Å². The van der Waals surface area contributed by atoms with Gasteiger partial charge < -0.3 is 15.5 Å². The van der Waals surface area contributed by atoms with Crippen molar-refractivity contribution >= 4 is 11.8 Å². The van der Waals surface area contributed by atoms with Crippen LogP contribution in [0.5, 0.6) is 0 Å². The summed E-state index contributed by atoms with van der Waals surface area (Å²) >= 11 is 0. The topological polar surface area (TPSA) is 61.4 Å². The molecule has 0 saturated carbocycles. The third kappa shape index (κ3) is 6.57. The smallest absolute Gasteiger partial charge is 0.239 e. The first-order chi connectivity index (χ1) is 8.99.